The number of rotatable bonds is 13. The number of carbonyl (C=O) groups excluding carboxylic acids is 2. The van der Waals surface area contributed by atoms with E-state index in [0.29, 0.717) is 28.1 Å². The molecular formula is C28H31ClN5O8P. The molecule has 0 saturated heterocycles. The number of aliphatic carboxylic acids is 1. The van der Waals surface area contributed by atoms with Gasteiger partial charge in [0.15, 0.2) is 0 Å². The number of halogens is 1. The molecule has 3 aromatic rings. The third-order valence-electron chi connectivity index (χ3n) is 6.77. The van der Waals surface area contributed by atoms with E-state index in [2.05, 4.69) is 25.8 Å². The molecule has 43 heavy (non-hydrogen) atoms. The minimum absolute atomic E-state index is 0.00729. The Kier molecular flexibility index (Phi) is 9.07. The number of nitrogens with one attached hydrogen (secondary N) is 4. The lowest BCUT2D eigenvalue weighted by Gasteiger charge is -2.23. The van der Waals surface area contributed by atoms with Crippen LogP contribution in [-0.4, -0.2) is 53.8 Å². The summed E-state index contributed by atoms with van der Waals surface area (Å²) in [6.45, 7) is 1.40. The topological polar surface area (TPSA) is 177 Å². The average molecular weight is 632 g/mol. The van der Waals surface area contributed by atoms with Crippen LogP contribution in [0.1, 0.15) is 43.0 Å². The number of pyridine rings is 1. The fourth-order valence-electron chi connectivity index (χ4n) is 4.04. The number of benzene rings is 2. The first-order valence-corrected chi connectivity index (χ1v) is 15.6. The summed E-state index contributed by atoms with van der Waals surface area (Å²) in [7, 11) is -2.76. The standard InChI is InChI=1S/C28H31ClN5O8P/c1-15(27(36)37)33-43(39,41-14-16-3-4-16)34-26(35)20-12-19-23(13-25(20)40-2)30-10-9-24(19)42-18-7-8-22(21(29)11-18)32-28(38)31-17-5-6-17/h7-13,15-17H,3-6,14H2,1-2H3,(H,36,37)(H2,31,32,38)(H2,33,34,35,39)/t15-,43?/m0/s1. The van der Waals surface area contributed by atoms with E-state index in [0.717, 1.165) is 25.7 Å². The van der Waals surface area contributed by atoms with E-state index in [1.165, 1.54) is 32.4 Å². The van der Waals surface area contributed by atoms with Gasteiger partial charge < -0.3 is 29.7 Å². The number of carboxylic acids is 1. The molecule has 13 nitrogen and oxygen atoms in total. The monoisotopic (exact) mass is 631 g/mol. The van der Waals surface area contributed by atoms with E-state index in [-0.39, 0.29) is 40.9 Å². The minimum atomic E-state index is -4.13. The van der Waals surface area contributed by atoms with E-state index in [4.69, 9.17) is 25.6 Å². The first kappa shape index (κ1) is 30.6. The molecule has 2 aliphatic rings. The van der Waals surface area contributed by atoms with Crippen LogP contribution in [0.25, 0.3) is 10.9 Å². The number of nitrogens with zero attached hydrogens (tertiary/aromatic N) is 1. The first-order valence-electron chi connectivity index (χ1n) is 13.6. The molecule has 0 spiro atoms. The van der Waals surface area contributed by atoms with Gasteiger partial charge in [0.1, 0.15) is 23.3 Å². The molecule has 1 heterocycles. The van der Waals surface area contributed by atoms with Crippen molar-refractivity contribution in [3.8, 4) is 17.2 Å². The van der Waals surface area contributed by atoms with Gasteiger partial charge in [-0.3, -0.25) is 19.7 Å². The van der Waals surface area contributed by atoms with E-state index in [9.17, 15) is 24.1 Å². The van der Waals surface area contributed by atoms with E-state index < -0.39 is 25.6 Å². The average Bonchev–Trinajstić information content (AvgIpc) is 3.89. The number of carbonyl (C=O) groups is 3. The minimum Gasteiger partial charge on any atom is -0.496 e. The maximum Gasteiger partial charge on any atom is 0.369 e. The smallest absolute Gasteiger partial charge is 0.369 e. The Bertz CT molecular complexity index is 1610. The van der Waals surface area contributed by atoms with Gasteiger partial charge in [0.25, 0.3) is 5.91 Å². The van der Waals surface area contributed by atoms with Crippen LogP contribution in [0.4, 0.5) is 10.5 Å². The van der Waals surface area contributed by atoms with Gasteiger partial charge >= 0.3 is 19.7 Å². The molecule has 1 aromatic heterocycles. The van der Waals surface area contributed by atoms with Gasteiger partial charge in [0.05, 0.1) is 35.5 Å². The van der Waals surface area contributed by atoms with Crippen LogP contribution in [0.15, 0.2) is 42.6 Å². The Balaban J connectivity index is 1.39. The number of hydrogen-bond acceptors (Lipinski definition) is 8. The van der Waals surface area contributed by atoms with Gasteiger partial charge in [-0.25, -0.2) is 14.4 Å². The zero-order valence-corrected chi connectivity index (χ0v) is 25.0. The van der Waals surface area contributed by atoms with Crippen molar-refractivity contribution in [2.45, 2.75) is 44.7 Å². The molecule has 3 amide bonds. The Morgan fingerprint density at radius 1 is 1.12 bits per heavy atom. The lowest BCUT2D eigenvalue weighted by atomic mass is 10.1. The highest BCUT2D eigenvalue weighted by Gasteiger charge is 2.34. The second kappa shape index (κ2) is 12.8. The fraction of sp³-hybridized carbons (Fsp3) is 0.357. The number of fused-ring (bicyclic) bond motifs is 1. The Hall–Kier alpha value is -3.90. The van der Waals surface area contributed by atoms with E-state index in [1.807, 2.05) is 0 Å². The summed E-state index contributed by atoms with van der Waals surface area (Å²) < 4.78 is 30.6. The number of urea groups is 1. The van der Waals surface area contributed by atoms with Gasteiger partial charge in [0.2, 0.25) is 0 Å². The number of carboxylic acid groups (broad SMARTS) is 1. The predicted molar refractivity (Wildman–Crippen MR) is 159 cm³/mol. The number of methoxy groups -OCH3 is 1. The van der Waals surface area contributed by atoms with Crippen molar-refractivity contribution in [3.05, 3.63) is 53.2 Å². The Labute approximate surface area is 252 Å². The summed E-state index contributed by atoms with van der Waals surface area (Å²) in [5, 5.41) is 20.3. The molecule has 5 N–H and O–H groups in total. The summed E-state index contributed by atoms with van der Waals surface area (Å²) in [6.07, 6.45) is 5.23. The third kappa shape index (κ3) is 7.94. The SMILES string of the molecule is COc1cc2nccc(Oc3ccc(NC(=O)NC4CC4)c(Cl)c3)c2cc1C(=O)NP(=O)(N[C@@H](C)C(=O)O)OCC1CC1. The normalized spacial score (nSPS) is 16.5. The molecule has 5 rings (SSSR count). The van der Waals surface area contributed by atoms with Crippen molar-refractivity contribution in [3.63, 3.8) is 0 Å². The second-order valence-electron chi connectivity index (χ2n) is 10.4. The molecule has 2 aromatic carbocycles. The zero-order chi connectivity index (χ0) is 30.7. The number of anilines is 1. The predicted octanol–water partition coefficient (Wildman–Crippen LogP) is 5.30. The lowest BCUT2D eigenvalue weighted by molar-refractivity contribution is -0.138. The van der Waals surface area contributed by atoms with E-state index >= 15 is 0 Å². The van der Waals surface area contributed by atoms with Crippen molar-refractivity contribution in [1.29, 1.82) is 0 Å². The Morgan fingerprint density at radius 2 is 1.88 bits per heavy atom. The summed E-state index contributed by atoms with van der Waals surface area (Å²) in [6, 6.07) is 7.97. The maximum absolute atomic E-state index is 13.5. The summed E-state index contributed by atoms with van der Waals surface area (Å²) in [4.78, 5) is 41.3. The van der Waals surface area contributed by atoms with Crippen LogP contribution < -0.4 is 30.3 Å². The summed E-state index contributed by atoms with van der Waals surface area (Å²) >= 11 is 6.40. The molecule has 2 aliphatic carbocycles. The highest BCUT2D eigenvalue weighted by atomic mass is 35.5. The summed E-state index contributed by atoms with van der Waals surface area (Å²) in [5.41, 5.74) is 0.847. The number of ether oxygens (including phenoxy) is 2. The molecule has 1 unspecified atom stereocenters. The van der Waals surface area contributed by atoms with Crippen LogP contribution in [0.5, 0.6) is 17.2 Å². The van der Waals surface area contributed by atoms with Crippen LogP contribution in [0, 0.1) is 5.92 Å². The van der Waals surface area contributed by atoms with Crippen LogP contribution in [-0.2, 0) is 13.9 Å². The zero-order valence-electron chi connectivity index (χ0n) is 23.4. The molecule has 2 saturated carbocycles. The van der Waals surface area contributed by atoms with Gasteiger partial charge in [-0.2, -0.15) is 0 Å². The van der Waals surface area contributed by atoms with Gasteiger partial charge in [0, 0.05) is 29.8 Å². The molecular weight excluding hydrogens is 601 g/mol. The van der Waals surface area contributed by atoms with Crippen molar-refractivity contribution in [1.82, 2.24) is 20.5 Å². The Morgan fingerprint density at radius 3 is 2.53 bits per heavy atom. The van der Waals surface area contributed by atoms with Gasteiger partial charge in [-0.1, -0.05) is 11.6 Å². The highest BCUT2D eigenvalue weighted by molar-refractivity contribution is 7.55. The van der Waals surface area contributed by atoms with Crippen LogP contribution in [0.3, 0.4) is 0 Å². The van der Waals surface area contributed by atoms with Gasteiger partial charge in [-0.15, -0.1) is 0 Å². The molecule has 0 aliphatic heterocycles. The maximum atomic E-state index is 13.5. The number of hydrogen-bond donors (Lipinski definition) is 5. The van der Waals surface area contributed by atoms with Crippen molar-refractivity contribution < 1.29 is 38.1 Å². The second-order valence-corrected chi connectivity index (χ2v) is 12.7. The highest BCUT2D eigenvalue weighted by Crippen LogP contribution is 2.43. The van der Waals surface area contributed by atoms with Crippen LogP contribution in [0.2, 0.25) is 5.02 Å². The lowest BCUT2D eigenvalue weighted by Crippen LogP contribution is -2.38. The molecule has 2 fully saturated rings. The van der Waals surface area contributed by atoms with Crippen LogP contribution >= 0.6 is 19.3 Å². The fourth-order valence-corrected chi connectivity index (χ4v) is 5.89. The molecule has 15 heteroatoms. The molecule has 2 atom stereocenters. The van der Waals surface area contributed by atoms with Crippen molar-refractivity contribution in [2.75, 3.05) is 19.0 Å². The quantitative estimate of drug-likeness (QED) is 0.156. The van der Waals surface area contributed by atoms with E-state index in [1.54, 1.807) is 24.3 Å². The van der Waals surface area contributed by atoms with Gasteiger partial charge in [-0.05, 0) is 62.8 Å². The van der Waals surface area contributed by atoms with Crippen molar-refractivity contribution in [2.24, 2.45) is 5.92 Å². The molecule has 0 bridgehead atoms. The number of aromatic nitrogens is 1. The van der Waals surface area contributed by atoms with Crippen molar-refractivity contribution >= 4 is 53.8 Å². The number of amides is 3. The largest absolute Gasteiger partial charge is 0.496 e. The molecule has 228 valence electrons. The molecule has 0 radical (unpaired) electrons. The summed E-state index contributed by atoms with van der Waals surface area (Å²) in [5.74, 6) is -1.05. The first-order chi connectivity index (χ1) is 20.5. The third-order valence-corrected chi connectivity index (χ3v) is 8.82.